The first-order valence-electron chi connectivity index (χ1n) is 7.11. The van der Waals surface area contributed by atoms with Gasteiger partial charge >= 0.3 is 0 Å². The Labute approximate surface area is 147 Å². The van der Waals surface area contributed by atoms with Crippen LogP contribution in [0.2, 0.25) is 5.02 Å². The van der Waals surface area contributed by atoms with Crippen LogP contribution in [-0.4, -0.2) is 10.5 Å². The van der Waals surface area contributed by atoms with Crippen LogP contribution >= 0.6 is 22.9 Å². The third-order valence-corrected chi connectivity index (χ3v) is 4.66. The molecule has 1 amide bonds. The summed E-state index contributed by atoms with van der Waals surface area (Å²) in [5.74, 6) is 1.92. The van der Waals surface area contributed by atoms with Gasteiger partial charge in [-0.1, -0.05) is 41.0 Å². The molecule has 1 heterocycles. The molecular formula is C18H12ClFN2OS. The molecule has 24 heavy (non-hydrogen) atoms. The number of halogens is 2. The number of hydrogen-bond donors (Lipinski definition) is 0. The second-order valence-electron chi connectivity index (χ2n) is 5.10. The molecule has 2 aromatic carbocycles. The zero-order chi connectivity index (χ0) is 17.1. The molecule has 0 radical (unpaired) electrons. The van der Waals surface area contributed by atoms with E-state index in [1.807, 2.05) is 12.1 Å². The summed E-state index contributed by atoms with van der Waals surface area (Å²) < 4.78 is 15.6. The predicted molar refractivity (Wildman–Crippen MR) is 94.3 cm³/mol. The van der Waals surface area contributed by atoms with Crippen molar-refractivity contribution in [1.82, 2.24) is 4.57 Å². The molecule has 0 unspecified atom stereocenters. The summed E-state index contributed by atoms with van der Waals surface area (Å²) in [5.41, 5.74) is 1.59. The number of carbonyl (C=O) groups excluding carboxylic acids is 1. The van der Waals surface area contributed by atoms with Crippen LogP contribution in [0, 0.1) is 18.2 Å². The summed E-state index contributed by atoms with van der Waals surface area (Å²) in [6, 6.07) is 11.2. The highest BCUT2D eigenvalue weighted by Gasteiger charge is 2.08. The molecular weight excluding hydrogens is 347 g/mol. The number of benzene rings is 2. The van der Waals surface area contributed by atoms with Crippen LogP contribution < -0.4 is 4.80 Å². The highest BCUT2D eigenvalue weighted by molar-refractivity contribution is 7.16. The van der Waals surface area contributed by atoms with Crippen molar-refractivity contribution in [2.75, 3.05) is 0 Å². The third kappa shape index (κ3) is 3.56. The molecule has 3 aromatic rings. The van der Waals surface area contributed by atoms with Gasteiger partial charge in [-0.15, -0.1) is 6.42 Å². The maximum Gasteiger partial charge on any atom is 0.252 e. The first-order valence-corrected chi connectivity index (χ1v) is 8.30. The van der Waals surface area contributed by atoms with Crippen molar-refractivity contribution in [1.29, 1.82) is 0 Å². The average molecular weight is 359 g/mol. The summed E-state index contributed by atoms with van der Waals surface area (Å²) in [5, 5.41) is 0.612. The minimum atomic E-state index is -0.337. The largest absolute Gasteiger partial charge is 0.305 e. The molecule has 0 atom stereocenters. The van der Waals surface area contributed by atoms with E-state index < -0.39 is 0 Å². The Hall–Kier alpha value is -2.42. The Bertz CT molecular complexity index is 1010. The molecule has 0 aliphatic heterocycles. The zero-order valence-corrected chi connectivity index (χ0v) is 14.1. The van der Waals surface area contributed by atoms with Gasteiger partial charge in [0.15, 0.2) is 4.80 Å². The van der Waals surface area contributed by atoms with Crippen molar-refractivity contribution in [3.63, 3.8) is 0 Å². The molecule has 120 valence electrons. The van der Waals surface area contributed by atoms with Crippen LogP contribution in [0.25, 0.3) is 10.2 Å². The summed E-state index contributed by atoms with van der Waals surface area (Å²) in [6.07, 6.45) is 5.53. The van der Waals surface area contributed by atoms with E-state index in [2.05, 4.69) is 10.9 Å². The van der Waals surface area contributed by atoms with Gasteiger partial charge in [0.25, 0.3) is 5.91 Å². The number of nitrogens with zero attached hydrogens (tertiary/aromatic N) is 2. The van der Waals surface area contributed by atoms with Crippen molar-refractivity contribution in [3.8, 4) is 12.3 Å². The molecule has 0 aliphatic carbocycles. The molecule has 0 aliphatic rings. The normalized spacial score (nSPS) is 11.6. The van der Waals surface area contributed by atoms with E-state index in [1.54, 1.807) is 22.8 Å². The predicted octanol–water partition coefficient (Wildman–Crippen LogP) is 3.80. The third-order valence-electron chi connectivity index (χ3n) is 3.38. The Morgan fingerprint density at radius 3 is 2.75 bits per heavy atom. The van der Waals surface area contributed by atoms with Crippen LogP contribution in [0.1, 0.15) is 5.56 Å². The Kier molecular flexibility index (Phi) is 4.79. The van der Waals surface area contributed by atoms with E-state index in [4.69, 9.17) is 18.0 Å². The molecule has 0 saturated carbocycles. The molecule has 0 fully saturated rings. The fourth-order valence-electron chi connectivity index (χ4n) is 2.30. The molecule has 3 nitrogen and oxygen atoms in total. The Morgan fingerprint density at radius 1 is 1.29 bits per heavy atom. The van der Waals surface area contributed by atoms with Crippen molar-refractivity contribution in [3.05, 3.63) is 63.7 Å². The van der Waals surface area contributed by atoms with Crippen LogP contribution in [0.5, 0.6) is 0 Å². The quantitative estimate of drug-likeness (QED) is 0.656. The fourth-order valence-corrected chi connectivity index (χ4v) is 3.62. The van der Waals surface area contributed by atoms with Crippen molar-refractivity contribution >= 4 is 39.1 Å². The van der Waals surface area contributed by atoms with Gasteiger partial charge in [-0.05, 0) is 35.9 Å². The molecule has 0 bridgehead atoms. The number of amides is 1. The molecule has 1 aromatic heterocycles. The van der Waals surface area contributed by atoms with Crippen molar-refractivity contribution in [2.24, 2.45) is 4.99 Å². The van der Waals surface area contributed by atoms with E-state index in [-0.39, 0.29) is 18.1 Å². The van der Waals surface area contributed by atoms with Gasteiger partial charge in [0.05, 0.1) is 23.2 Å². The molecule has 3 rings (SSSR count). The SMILES string of the molecule is C#CCn1c(=NC(=O)Cc2ccc(F)cc2)sc2cc(Cl)ccc21. The monoisotopic (exact) mass is 358 g/mol. The minimum Gasteiger partial charge on any atom is -0.305 e. The van der Waals surface area contributed by atoms with Gasteiger partial charge in [-0.25, -0.2) is 4.39 Å². The number of fused-ring (bicyclic) bond motifs is 1. The number of hydrogen-bond acceptors (Lipinski definition) is 2. The second-order valence-corrected chi connectivity index (χ2v) is 6.54. The molecule has 0 N–H and O–H groups in total. The van der Waals surface area contributed by atoms with Crippen LogP contribution in [0.4, 0.5) is 4.39 Å². The van der Waals surface area contributed by atoms with Gasteiger partial charge in [-0.2, -0.15) is 4.99 Å². The van der Waals surface area contributed by atoms with Gasteiger partial charge in [-0.3, -0.25) is 4.79 Å². The zero-order valence-electron chi connectivity index (χ0n) is 12.5. The molecule has 0 saturated heterocycles. The average Bonchev–Trinajstić information content (AvgIpc) is 2.86. The van der Waals surface area contributed by atoms with Crippen LogP contribution in [0.3, 0.4) is 0 Å². The topological polar surface area (TPSA) is 34.4 Å². The standard InChI is InChI=1S/C18H12ClFN2OS/c1-2-9-22-15-8-5-13(19)11-16(15)24-18(22)21-17(23)10-12-3-6-14(20)7-4-12/h1,3-8,11H,9-10H2. The van der Waals surface area contributed by atoms with E-state index in [0.29, 0.717) is 21.9 Å². The lowest BCUT2D eigenvalue weighted by molar-refractivity contribution is -0.117. The lowest BCUT2D eigenvalue weighted by Gasteiger charge is -2.00. The first kappa shape index (κ1) is 16.4. The highest BCUT2D eigenvalue weighted by atomic mass is 35.5. The summed E-state index contributed by atoms with van der Waals surface area (Å²) in [4.78, 5) is 16.9. The number of aromatic nitrogens is 1. The Balaban J connectivity index is 1.99. The highest BCUT2D eigenvalue weighted by Crippen LogP contribution is 2.21. The molecule has 6 heteroatoms. The summed E-state index contributed by atoms with van der Waals surface area (Å²) in [7, 11) is 0. The van der Waals surface area contributed by atoms with E-state index in [9.17, 15) is 9.18 Å². The second kappa shape index (κ2) is 7.00. The number of terminal acetylenes is 1. The van der Waals surface area contributed by atoms with Gasteiger partial charge < -0.3 is 4.57 Å². The summed E-state index contributed by atoms with van der Waals surface area (Å²) in [6.45, 7) is 0.310. The van der Waals surface area contributed by atoms with Crippen molar-refractivity contribution in [2.45, 2.75) is 13.0 Å². The minimum absolute atomic E-state index is 0.103. The van der Waals surface area contributed by atoms with E-state index >= 15 is 0 Å². The van der Waals surface area contributed by atoms with Gasteiger partial charge in [0, 0.05) is 5.02 Å². The van der Waals surface area contributed by atoms with Crippen LogP contribution in [0.15, 0.2) is 47.5 Å². The molecule has 0 spiro atoms. The Morgan fingerprint density at radius 2 is 2.04 bits per heavy atom. The maximum atomic E-state index is 12.9. The van der Waals surface area contributed by atoms with E-state index in [0.717, 1.165) is 10.2 Å². The van der Waals surface area contributed by atoms with Crippen LogP contribution in [-0.2, 0) is 17.8 Å². The lowest BCUT2D eigenvalue weighted by Crippen LogP contribution is -2.17. The van der Waals surface area contributed by atoms with Gasteiger partial charge in [0.2, 0.25) is 0 Å². The lowest BCUT2D eigenvalue weighted by atomic mass is 10.1. The summed E-state index contributed by atoms with van der Waals surface area (Å²) >= 11 is 7.37. The smallest absolute Gasteiger partial charge is 0.252 e. The number of carbonyl (C=O) groups is 1. The number of rotatable bonds is 3. The fraction of sp³-hybridized carbons (Fsp3) is 0.111. The van der Waals surface area contributed by atoms with Gasteiger partial charge in [0.1, 0.15) is 5.82 Å². The van der Waals surface area contributed by atoms with E-state index in [1.165, 1.54) is 23.5 Å². The van der Waals surface area contributed by atoms with Crippen molar-refractivity contribution < 1.29 is 9.18 Å². The maximum absolute atomic E-state index is 12.9. The number of thiazole rings is 1. The first-order chi connectivity index (χ1) is 11.6.